The third kappa shape index (κ3) is 3.16. The Hall–Kier alpha value is -2.68. The summed E-state index contributed by atoms with van der Waals surface area (Å²) in [5, 5.41) is 3.09. The zero-order valence-electron chi connectivity index (χ0n) is 13.7. The van der Waals surface area contributed by atoms with Crippen molar-refractivity contribution in [1.82, 2.24) is 5.32 Å². The fourth-order valence-corrected chi connectivity index (χ4v) is 2.85. The van der Waals surface area contributed by atoms with Crippen LogP contribution in [-0.4, -0.2) is 13.1 Å². The number of benzene rings is 1. The second-order valence-electron chi connectivity index (χ2n) is 5.49. The van der Waals surface area contributed by atoms with E-state index >= 15 is 0 Å². The average molecular weight is 332 g/mol. The standard InChI is InChI=1S/C18H18F2N2O2/c1-5-6-14-16(18(23)24-4)15(17(21-3)10(2)22-14)11-7-8-12(19)13(20)9-11/h7-9,15,22H,5-6H2,1-2,4H3. The molecule has 1 aromatic carbocycles. The fourth-order valence-electron chi connectivity index (χ4n) is 2.85. The molecule has 0 amide bonds. The predicted molar refractivity (Wildman–Crippen MR) is 85.5 cm³/mol. The molecule has 1 heterocycles. The third-order valence-electron chi connectivity index (χ3n) is 3.91. The summed E-state index contributed by atoms with van der Waals surface area (Å²) in [5.41, 5.74) is 2.11. The van der Waals surface area contributed by atoms with Crippen molar-refractivity contribution in [1.29, 1.82) is 0 Å². The molecule has 1 aromatic rings. The first kappa shape index (κ1) is 17.7. The second-order valence-corrected chi connectivity index (χ2v) is 5.49. The number of carbonyl (C=O) groups excluding carboxylic acids is 1. The van der Waals surface area contributed by atoms with Crippen molar-refractivity contribution in [2.75, 3.05) is 7.11 Å². The molecule has 1 aliphatic heterocycles. The van der Waals surface area contributed by atoms with Gasteiger partial charge < -0.3 is 10.1 Å². The molecule has 0 saturated carbocycles. The quantitative estimate of drug-likeness (QED) is 0.669. The Morgan fingerprint density at radius 2 is 2.08 bits per heavy atom. The molecule has 1 atom stereocenters. The Kier molecular flexibility index (Phi) is 5.35. The van der Waals surface area contributed by atoms with Crippen LogP contribution in [0.1, 0.15) is 38.2 Å². The van der Waals surface area contributed by atoms with Crippen LogP contribution in [-0.2, 0) is 9.53 Å². The van der Waals surface area contributed by atoms with Gasteiger partial charge in [0.1, 0.15) is 0 Å². The van der Waals surface area contributed by atoms with Crippen LogP contribution < -0.4 is 5.32 Å². The first-order valence-electron chi connectivity index (χ1n) is 7.56. The molecular formula is C18H18F2N2O2. The molecule has 0 fully saturated rings. The normalized spacial score (nSPS) is 17.4. The first-order valence-corrected chi connectivity index (χ1v) is 7.56. The minimum Gasteiger partial charge on any atom is -0.466 e. The van der Waals surface area contributed by atoms with Crippen LogP contribution in [0.4, 0.5) is 8.78 Å². The summed E-state index contributed by atoms with van der Waals surface area (Å²) in [5.74, 6) is -3.37. The number of methoxy groups -OCH3 is 1. The summed E-state index contributed by atoms with van der Waals surface area (Å²) in [7, 11) is 1.25. The molecule has 1 unspecified atom stereocenters. The number of carbonyl (C=O) groups is 1. The van der Waals surface area contributed by atoms with Crippen molar-refractivity contribution in [3.63, 3.8) is 0 Å². The van der Waals surface area contributed by atoms with Crippen molar-refractivity contribution in [3.05, 3.63) is 69.5 Å². The van der Waals surface area contributed by atoms with Gasteiger partial charge in [0, 0.05) is 11.4 Å². The van der Waals surface area contributed by atoms with Gasteiger partial charge in [-0.2, -0.15) is 0 Å². The Bertz CT molecular complexity index is 776. The molecule has 1 N–H and O–H groups in total. The highest BCUT2D eigenvalue weighted by Gasteiger charge is 2.35. The SMILES string of the molecule is [C-]#[N+]C1=C(C)NC(CCC)=C(C(=O)OC)C1c1ccc(F)c(F)c1. The molecule has 126 valence electrons. The van der Waals surface area contributed by atoms with Crippen molar-refractivity contribution in [3.8, 4) is 0 Å². The van der Waals surface area contributed by atoms with E-state index in [1.165, 1.54) is 13.2 Å². The van der Waals surface area contributed by atoms with Crippen LogP contribution in [0.15, 0.2) is 40.9 Å². The van der Waals surface area contributed by atoms with Crippen molar-refractivity contribution < 1.29 is 18.3 Å². The molecule has 0 aliphatic carbocycles. The van der Waals surface area contributed by atoms with Crippen molar-refractivity contribution >= 4 is 5.97 Å². The van der Waals surface area contributed by atoms with Gasteiger partial charge >= 0.3 is 5.97 Å². The van der Waals surface area contributed by atoms with E-state index in [9.17, 15) is 13.6 Å². The van der Waals surface area contributed by atoms with E-state index in [2.05, 4.69) is 10.2 Å². The fraction of sp³-hybridized carbons (Fsp3) is 0.333. The number of rotatable bonds is 4. The van der Waals surface area contributed by atoms with E-state index in [0.29, 0.717) is 23.4 Å². The highest BCUT2D eigenvalue weighted by molar-refractivity contribution is 5.92. The lowest BCUT2D eigenvalue weighted by Crippen LogP contribution is -2.29. The molecule has 0 saturated heterocycles. The van der Waals surface area contributed by atoms with E-state index in [0.717, 1.165) is 18.6 Å². The summed E-state index contributed by atoms with van der Waals surface area (Å²) >= 11 is 0. The maximum absolute atomic E-state index is 13.7. The van der Waals surface area contributed by atoms with Gasteiger partial charge in [0.15, 0.2) is 17.3 Å². The average Bonchev–Trinajstić information content (AvgIpc) is 2.56. The second kappa shape index (κ2) is 7.26. The zero-order valence-corrected chi connectivity index (χ0v) is 13.7. The number of dihydropyridines is 1. The number of hydrogen-bond acceptors (Lipinski definition) is 3. The Balaban J connectivity index is 2.70. The number of halogens is 2. The molecule has 0 radical (unpaired) electrons. The molecule has 24 heavy (non-hydrogen) atoms. The zero-order chi connectivity index (χ0) is 17.9. The van der Waals surface area contributed by atoms with Gasteiger partial charge in [-0.15, -0.1) is 0 Å². The van der Waals surface area contributed by atoms with Crippen molar-refractivity contribution in [2.24, 2.45) is 0 Å². The minimum atomic E-state index is -1.02. The number of ether oxygens (including phenoxy) is 1. The van der Waals surface area contributed by atoms with Crippen LogP contribution in [0, 0.1) is 18.2 Å². The summed E-state index contributed by atoms with van der Waals surface area (Å²) in [4.78, 5) is 15.9. The van der Waals surface area contributed by atoms with Crippen LogP contribution >= 0.6 is 0 Å². The van der Waals surface area contributed by atoms with E-state index in [-0.39, 0.29) is 11.3 Å². The molecule has 4 nitrogen and oxygen atoms in total. The number of allylic oxidation sites excluding steroid dienone is 3. The van der Waals surface area contributed by atoms with Gasteiger partial charge in [0.2, 0.25) is 0 Å². The minimum absolute atomic E-state index is 0.265. The molecule has 0 bridgehead atoms. The molecular weight excluding hydrogens is 314 g/mol. The summed E-state index contributed by atoms with van der Waals surface area (Å²) in [6.07, 6.45) is 1.35. The van der Waals surface area contributed by atoms with Gasteiger partial charge in [-0.1, -0.05) is 19.4 Å². The molecule has 6 heteroatoms. The van der Waals surface area contributed by atoms with E-state index < -0.39 is 23.5 Å². The monoisotopic (exact) mass is 332 g/mol. The maximum atomic E-state index is 13.7. The highest BCUT2D eigenvalue weighted by Crippen LogP contribution is 2.40. The van der Waals surface area contributed by atoms with Gasteiger partial charge in [0.05, 0.1) is 25.2 Å². The summed E-state index contributed by atoms with van der Waals surface area (Å²) < 4.78 is 31.8. The molecule has 1 aliphatic rings. The van der Waals surface area contributed by atoms with E-state index in [1.807, 2.05) is 6.92 Å². The Morgan fingerprint density at radius 3 is 2.62 bits per heavy atom. The van der Waals surface area contributed by atoms with Gasteiger partial charge in [-0.25, -0.2) is 18.4 Å². The number of nitrogens with zero attached hydrogens (tertiary/aromatic N) is 1. The number of nitrogens with one attached hydrogen (secondary N) is 1. The topological polar surface area (TPSA) is 42.7 Å². The highest BCUT2D eigenvalue weighted by atomic mass is 19.2. The van der Waals surface area contributed by atoms with Crippen LogP contribution in [0.2, 0.25) is 0 Å². The number of esters is 1. The molecule has 0 aromatic heterocycles. The maximum Gasteiger partial charge on any atom is 0.335 e. The first-order chi connectivity index (χ1) is 11.4. The van der Waals surface area contributed by atoms with E-state index in [1.54, 1.807) is 6.92 Å². The summed E-state index contributed by atoms with van der Waals surface area (Å²) in [6.45, 7) is 11.1. The predicted octanol–water partition coefficient (Wildman–Crippen LogP) is 4.03. The molecule has 0 spiro atoms. The van der Waals surface area contributed by atoms with Crippen LogP contribution in [0.25, 0.3) is 4.85 Å². The van der Waals surface area contributed by atoms with E-state index in [4.69, 9.17) is 11.3 Å². The third-order valence-corrected chi connectivity index (χ3v) is 3.91. The summed E-state index contributed by atoms with van der Waals surface area (Å²) in [6, 6.07) is 3.41. The Morgan fingerprint density at radius 1 is 1.38 bits per heavy atom. The van der Waals surface area contributed by atoms with Gasteiger partial charge in [-0.05, 0) is 31.0 Å². The Labute approximate surface area is 139 Å². The van der Waals surface area contributed by atoms with Crippen LogP contribution in [0.5, 0.6) is 0 Å². The lowest BCUT2D eigenvalue weighted by molar-refractivity contribution is -0.136. The van der Waals surface area contributed by atoms with Gasteiger partial charge in [0.25, 0.3) is 0 Å². The largest absolute Gasteiger partial charge is 0.466 e. The lowest BCUT2D eigenvalue weighted by Gasteiger charge is -2.29. The lowest BCUT2D eigenvalue weighted by atomic mass is 9.83. The van der Waals surface area contributed by atoms with Crippen molar-refractivity contribution in [2.45, 2.75) is 32.6 Å². The molecule has 2 rings (SSSR count). The van der Waals surface area contributed by atoms with Crippen LogP contribution in [0.3, 0.4) is 0 Å². The number of hydrogen-bond donors (Lipinski definition) is 1. The van der Waals surface area contributed by atoms with Gasteiger partial charge in [-0.3, -0.25) is 0 Å². The smallest absolute Gasteiger partial charge is 0.335 e.